The van der Waals surface area contributed by atoms with Crippen molar-refractivity contribution in [3.05, 3.63) is 17.9 Å². The zero-order valence-electron chi connectivity index (χ0n) is 7.17. The first-order valence-electron chi connectivity index (χ1n) is 3.98. The van der Waals surface area contributed by atoms with Gasteiger partial charge in [0, 0.05) is 0 Å². The lowest BCUT2D eigenvalue weighted by molar-refractivity contribution is -0.0939. The van der Waals surface area contributed by atoms with Crippen LogP contribution < -0.4 is 0 Å². The van der Waals surface area contributed by atoms with Crippen molar-refractivity contribution in [2.75, 3.05) is 0 Å². The second kappa shape index (κ2) is 5.04. The first kappa shape index (κ1) is 11.3. The molecule has 0 aliphatic carbocycles. The Morgan fingerprint density at radius 1 is 1.33 bits per heavy atom. The molecule has 0 unspecified atom stereocenters. The summed E-state index contributed by atoms with van der Waals surface area (Å²) in [5.74, 6) is 0. The highest BCUT2D eigenvalue weighted by atomic mass is 19.4. The van der Waals surface area contributed by atoms with Gasteiger partial charge < -0.3 is 0 Å². The molecule has 3 heteroatoms. The van der Waals surface area contributed by atoms with Gasteiger partial charge in [-0.2, -0.15) is 13.2 Å². The summed E-state index contributed by atoms with van der Waals surface area (Å²) in [6, 6.07) is 0. The molecule has 0 aromatic carbocycles. The lowest BCUT2D eigenvalue weighted by atomic mass is 10.1. The highest BCUT2D eigenvalue weighted by Crippen LogP contribution is 2.28. The second-order valence-electron chi connectivity index (χ2n) is 2.61. The fourth-order valence-corrected chi connectivity index (χ4v) is 0.882. The predicted octanol–water partition coefficient (Wildman–Crippen LogP) is 3.84. The molecule has 0 atom stereocenters. The Morgan fingerprint density at radius 2 is 1.92 bits per heavy atom. The van der Waals surface area contributed by atoms with Gasteiger partial charge in [-0.25, -0.2) is 0 Å². The minimum Gasteiger partial charge on any atom is -0.166 e. The van der Waals surface area contributed by atoms with Crippen LogP contribution in [0.25, 0.3) is 0 Å². The number of rotatable bonds is 4. The van der Waals surface area contributed by atoms with E-state index >= 15 is 0 Å². The van der Waals surface area contributed by atoms with E-state index < -0.39 is 11.7 Å². The third-order valence-corrected chi connectivity index (χ3v) is 1.59. The molecule has 0 heterocycles. The quantitative estimate of drug-likeness (QED) is 0.453. The Kier molecular flexibility index (Phi) is 4.75. The number of halogens is 3. The minimum absolute atomic E-state index is 0.0425. The molecule has 0 aliphatic heterocycles. The van der Waals surface area contributed by atoms with E-state index in [1.165, 1.54) is 0 Å². The van der Waals surface area contributed by atoms with Crippen LogP contribution in [0.4, 0.5) is 13.2 Å². The second-order valence-corrected chi connectivity index (χ2v) is 2.61. The molecule has 0 rings (SSSR count). The van der Waals surface area contributed by atoms with Crippen molar-refractivity contribution in [3.63, 3.8) is 0 Å². The van der Waals surface area contributed by atoms with E-state index in [0.717, 1.165) is 12.8 Å². The maximum atomic E-state index is 12.0. The highest BCUT2D eigenvalue weighted by Gasteiger charge is 2.32. The number of alkyl halides is 3. The van der Waals surface area contributed by atoms with E-state index in [9.17, 15) is 13.2 Å². The summed E-state index contributed by atoms with van der Waals surface area (Å²) in [7, 11) is 0. The summed E-state index contributed by atoms with van der Waals surface area (Å²) < 4.78 is 36.0. The van der Waals surface area contributed by atoms with Crippen molar-refractivity contribution in [1.29, 1.82) is 0 Å². The topological polar surface area (TPSA) is 0 Å². The molecular formula is C9H13F3. The fourth-order valence-electron chi connectivity index (χ4n) is 0.882. The molecule has 0 aromatic rings. The van der Waals surface area contributed by atoms with E-state index in [-0.39, 0.29) is 6.42 Å². The molecule has 0 aromatic heterocycles. The van der Waals surface area contributed by atoms with Gasteiger partial charge in [-0.1, -0.05) is 26.3 Å². The van der Waals surface area contributed by atoms with Crippen LogP contribution in [0.5, 0.6) is 0 Å². The zero-order valence-corrected chi connectivity index (χ0v) is 7.17. The molecule has 0 radical (unpaired) electrons. The Bertz CT molecular complexity index is 173. The van der Waals surface area contributed by atoms with Gasteiger partial charge in [0.25, 0.3) is 0 Å². The standard InChI is InChI=1S/C9H13F3/c1-3-5-6-7-8(4-2)9(10,11)12/h2-3,5-7H2,1H3. The van der Waals surface area contributed by atoms with E-state index in [1.54, 1.807) is 0 Å². The Hall–Kier alpha value is -0.690. The highest BCUT2D eigenvalue weighted by molar-refractivity contribution is 5.05. The monoisotopic (exact) mass is 178 g/mol. The van der Waals surface area contributed by atoms with Gasteiger partial charge in [0.1, 0.15) is 0 Å². The van der Waals surface area contributed by atoms with Crippen LogP contribution >= 0.6 is 0 Å². The molecule has 0 amide bonds. The van der Waals surface area contributed by atoms with Crippen molar-refractivity contribution in [1.82, 2.24) is 0 Å². The SMILES string of the molecule is C=C=C(CCCCC)C(F)(F)F. The summed E-state index contributed by atoms with van der Waals surface area (Å²) in [5.41, 5.74) is 1.31. The average molecular weight is 178 g/mol. The molecule has 0 nitrogen and oxygen atoms in total. The molecule has 0 saturated carbocycles. The average Bonchev–Trinajstić information content (AvgIpc) is 1.95. The molecule has 0 bridgehead atoms. The summed E-state index contributed by atoms with van der Waals surface area (Å²) in [5, 5.41) is 0. The first-order chi connectivity index (χ1) is 5.52. The molecule has 0 saturated heterocycles. The fraction of sp³-hybridized carbons (Fsp3) is 0.667. The van der Waals surface area contributed by atoms with Gasteiger partial charge in [-0.3, -0.25) is 0 Å². The number of hydrogen-bond acceptors (Lipinski definition) is 0. The maximum absolute atomic E-state index is 12.0. The largest absolute Gasteiger partial charge is 0.419 e. The minimum atomic E-state index is -4.24. The third-order valence-electron chi connectivity index (χ3n) is 1.59. The van der Waals surface area contributed by atoms with Gasteiger partial charge in [0.15, 0.2) is 0 Å². The molecule has 0 spiro atoms. The van der Waals surface area contributed by atoms with Crippen molar-refractivity contribution < 1.29 is 13.2 Å². The third kappa shape index (κ3) is 4.24. The summed E-state index contributed by atoms with van der Waals surface area (Å²) in [6.07, 6.45) is -1.90. The molecule has 12 heavy (non-hydrogen) atoms. The maximum Gasteiger partial charge on any atom is 0.419 e. The van der Waals surface area contributed by atoms with Crippen LogP contribution in [-0.4, -0.2) is 6.18 Å². The van der Waals surface area contributed by atoms with Gasteiger partial charge in [0.05, 0.1) is 5.57 Å². The number of unbranched alkanes of at least 4 members (excludes halogenated alkanes) is 2. The lowest BCUT2D eigenvalue weighted by Gasteiger charge is -2.07. The predicted molar refractivity (Wildman–Crippen MR) is 42.9 cm³/mol. The normalized spacial score (nSPS) is 11.0. The van der Waals surface area contributed by atoms with Gasteiger partial charge in [0.2, 0.25) is 0 Å². The van der Waals surface area contributed by atoms with Gasteiger partial charge in [-0.05, 0) is 12.8 Å². The van der Waals surface area contributed by atoms with Crippen LogP contribution in [-0.2, 0) is 0 Å². The first-order valence-corrected chi connectivity index (χ1v) is 3.98. The summed E-state index contributed by atoms with van der Waals surface area (Å²) in [4.78, 5) is 0. The van der Waals surface area contributed by atoms with Crippen molar-refractivity contribution in [2.45, 2.75) is 38.8 Å². The molecule has 0 aliphatic rings. The van der Waals surface area contributed by atoms with E-state index in [2.05, 4.69) is 6.58 Å². The lowest BCUT2D eigenvalue weighted by Crippen LogP contribution is -2.10. The summed E-state index contributed by atoms with van der Waals surface area (Å²) in [6.45, 7) is 4.97. The van der Waals surface area contributed by atoms with Gasteiger partial charge >= 0.3 is 6.18 Å². The van der Waals surface area contributed by atoms with Crippen LogP contribution in [0.15, 0.2) is 17.9 Å². The number of hydrogen-bond donors (Lipinski definition) is 0. The Morgan fingerprint density at radius 3 is 2.25 bits per heavy atom. The van der Waals surface area contributed by atoms with Crippen molar-refractivity contribution in [3.8, 4) is 0 Å². The van der Waals surface area contributed by atoms with E-state index in [0.29, 0.717) is 6.42 Å². The van der Waals surface area contributed by atoms with Crippen LogP contribution in [0, 0.1) is 0 Å². The smallest absolute Gasteiger partial charge is 0.166 e. The zero-order chi connectivity index (χ0) is 9.61. The van der Waals surface area contributed by atoms with Crippen LogP contribution in [0.1, 0.15) is 32.6 Å². The Balaban J connectivity index is 3.96. The van der Waals surface area contributed by atoms with E-state index in [1.807, 2.05) is 12.7 Å². The molecule has 0 fully saturated rings. The molecule has 0 N–H and O–H groups in total. The molecule has 70 valence electrons. The van der Waals surface area contributed by atoms with E-state index in [4.69, 9.17) is 0 Å². The summed E-state index contributed by atoms with van der Waals surface area (Å²) >= 11 is 0. The van der Waals surface area contributed by atoms with Crippen LogP contribution in [0.2, 0.25) is 0 Å². The van der Waals surface area contributed by atoms with Crippen molar-refractivity contribution in [2.24, 2.45) is 0 Å². The Labute approximate surface area is 70.8 Å². The van der Waals surface area contributed by atoms with Crippen LogP contribution in [0.3, 0.4) is 0 Å². The molecular weight excluding hydrogens is 165 g/mol. The number of allylic oxidation sites excluding steroid dienone is 1. The van der Waals surface area contributed by atoms with Gasteiger partial charge in [-0.15, -0.1) is 5.73 Å². The van der Waals surface area contributed by atoms with Crippen molar-refractivity contribution >= 4 is 0 Å².